The van der Waals surface area contributed by atoms with Gasteiger partial charge in [0.1, 0.15) is 0 Å². The molecule has 0 radical (unpaired) electrons. The summed E-state index contributed by atoms with van der Waals surface area (Å²) in [5.41, 5.74) is 0. The van der Waals surface area contributed by atoms with Crippen molar-refractivity contribution in [3.05, 3.63) is 0 Å². The fourth-order valence-corrected chi connectivity index (χ4v) is 4.42. The van der Waals surface area contributed by atoms with Crippen LogP contribution in [0.1, 0.15) is 52.4 Å². The fourth-order valence-electron chi connectivity index (χ4n) is 4.42. The zero-order valence-electron chi connectivity index (χ0n) is 14.8. The topological polar surface area (TPSA) is 18.5 Å². The summed E-state index contributed by atoms with van der Waals surface area (Å²) in [5, 5.41) is 3.76. The maximum atomic E-state index is 3.76. The molecule has 1 aliphatic carbocycles. The Kier molecular flexibility index (Phi) is 6.97. The zero-order chi connectivity index (χ0) is 15.2. The Labute approximate surface area is 132 Å². The first kappa shape index (κ1) is 17.2. The van der Waals surface area contributed by atoms with E-state index < -0.39 is 0 Å². The van der Waals surface area contributed by atoms with Crippen LogP contribution in [0.3, 0.4) is 0 Å². The molecule has 2 aliphatic rings. The highest BCUT2D eigenvalue weighted by Gasteiger charge is 2.31. The molecule has 1 N–H and O–H groups in total. The predicted molar refractivity (Wildman–Crippen MR) is 91.7 cm³/mol. The molecule has 124 valence electrons. The molecule has 3 heteroatoms. The van der Waals surface area contributed by atoms with E-state index >= 15 is 0 Å². The highest BCUT2D eigenvalue weighted by molar-refractivity contribution is 4.87. The van der Waals surface area contributed by atoms with Gasteiger partial charge in [-0.25, -0.2) is 0 Å². The van der Waals surface area contributed by atoms with E-state index in [0.717, 1.165) is 30.5 Å². The van der Waals surface area contributed by atoms with Gasteiger partial charge >= 0.3 is 0 Å². The van der Waals surface area contributed by atoms with Crippen LogP contribution in [0.15, 0.2) is 0 Å². The molecule has 1 heterocycles. The van der Waals surface area contributed by atoms with Gasteiger partial charge in [0.25, 0.3) is 0 Å². The van der Waals surface area contributed by atoms with Crippen molar-refractivity contribution in [3.8, 4) is 0 Å². The van der Waals surface area contributed by atoms with E-state index in [1.165, 1.54) is 58.2 Å². The summed E-state index contributed by atoms with van der Waals surface area (Å²) in [6, 6.07) is 1.57. The summed E-state index contributed by atoms with van der Waals surface area (Å²) in [5.74, 6) is 1.82. The predicted octanol–water partition coefficient (Wildman–Crippen LogP) is 2.82. The molecule has 2 rings (SSSR count). The van der Waals surface area contributed by atoms with Crippen LogP contribution >= 0.6 is 0 Å². The van der Waals surface area contributed by atoms with Gasteiger partial charge in [0.2, 0.25) is 0 Å². The number of piperidine rings is 1. The molecule has 0 aromatic rings. The van der Waals surface area contributed by atoms with Gasteiger partial charge in [0, 0.05) is 18.6 Å². The van der Waals surface area contributed by atoms with Gasteiger partial charge < -0.3 is 15.1 Å². The molecule has 3 unspecified atom stereocenters. The third-order valence-electron chi connectivity index (χ3n) is 5.97. The number of nitrogens with one attached hydrogen (secondary N) is 1. The Balaban J connectivity index is 1.87. The van der Waals surface area contributed by atoms with Crippen molar-refractivity contribution in [1.82, 2.24) is 15.1 Å². The van der Waals surface area contributed by atoms with Gasteiger partial charge in [0.05, 0.1) is 0 Å². The second-order valence-electron chi connectivity index (χ2n) is 7.49. The van der Waals surface area contributed by atoms with Crippen molar-refractivity contribution >= 4 is 0 Å². The molecule has 1 saturated heterocycles. The molecule has 3 nitrogen and oxygen atoms in total. The summed E-state index contributed by atoms with van der Waals surface area (Å²) >= 11 is 0. The van der Waals surface area contributed by atoms with Crippen molar-refractivity contribution in [2.45, 2.75) is 64.5 Å². The number of hydrogen-bond acceptors (Lipinski definition) is 3. The Morgan fingerprint density at radius 1 is 1.10 bits per heavy atom. The van der Waals surface area contributed by atoms with Crippen LogP contribution in [-0.4, -0.2) is 62.2 Å². The van der Waals surface area contributed by atoms with E-state index in [1.807, 2.05) is 0 Å². The molecule has 0 amide bonds. The average molecular weight is 296 g/mol. The van der Waals surface area contributed by atoms with Crippen molar-refractivity contribution < 1.29 is 0 Å². The number of hydrogen-bond donors (Lipinski definition) is 1. The third-order valence-corrected chi connectivity index (χ3v) is 5.97. The highest BCUT2D eigenvalue weighted by atomic mass is 15.2. The number of nitrogens with zero attached hydrogens (tertiary/aromatic N) is 2. The molecule has 0 spiro atoms. The summed E-state index contributed by atoms with van der Waals surface area (Å²) in [6.45, 7) is 9.58. The van der Waals surface area contributed by atoms with Crippen molar-refractivity contribution in [1.29, 1.82) is 0 Å². The third kappa shape index (κ3) is 4.94. The SMILES string of the molecule is CCNC1CCC(CC)CC1CN(C)C1CCN(C)CC1. The van der Waals surface area contributed by atoms with Crippen LogP contribution in [0.5, 0.6) is 0 Å². The Morgan fingerprint density at radius 2 is 1.81 bits per heavy atom. The van der Waals surface area contributed by atoms with Crippen LogP contribution in [0.25, 0.3) is 0 Å². The second kappa shape index (κ2) is 8.50. The molecule has 0 bridgehead atoms. The monoisotopic (exact) mass is 295 g/mol. The molecule has 2 fully saturated rings. The first-order chi connectivity index (χ1) is 10.1. The molecule has 0 aromatic heterocycles. The summed E-state index contributed by atoms with van der Waals surface area (Å²) in [4.78, 5) is 5.15. The molecule has 1 saturated carbocycles. The maximum Gasteiger partial charge on any atom is 0.0117 e. The Bertz CT molecular complexity index is 286. The van der Waals surface area contributed by atoms with Crippen LogP contribution < -0.4 is 5.32 Å². The van der Waals surface area contributed by atoms with Crippen LogP contribution in [0, 0.1) is 11.8 Å². The lowest BCUT2D eigenvalue weighted by atomic mass is 9.76. The van der Waals surface area contributed by atoms with Crippen LogP contribution in [-0.2, 0) is 0 Å². The minimum atomic E-state index is 0.756. The lowest BCUT2D eigenvalue weighted by Crippen LogP contribution is -2.49. The minimum Gasteiger partial charge on any atom is -0.314 e. The van der Waals surface area contributed by atoms with E-state index in [-0.39, 0.29) is 0 Å². The number of likely N-dealkylation sites (tertiary alicyclic amines) is 1. The van der Waals surface area contributed by atoms with Gasteiger partial charge in [-0.15, -0.1) is 0 Å². The second-order valence-corrected chi connectivity index (χ2v) is 7.49. The molecule has 3 atom stereocenters. The normalized spacial score (nSPS) is 32.7. The zero-order valence-corrected chi connectivity index (χ0v) is 14.8. The van der Waals surface area contributed by atoms with Crippen molar-refractivity contribution in [2.24, 2.45) is 11.8 Å². The van der Waals surface area contributed by atoms with E-state index in [4.69, 9.17) is 0 Å². The lowest BCUT2D eigenvalue weighted by Gasteiger charge is -2.41. The largest absolute Gasteiger partial charge is 0.314 e. The van der Waals surface area contributed by atoms with Gasteiger partial charge in [-0.2, -0.15) is 0 Å². The summed E-state index contributed by atoms with van der Waals surface area (Å²) in [6.07, 6.45) is 8.32. The smallest absolute Gasteiger partial charge is 0.0117 e. The molecule has 21 heavy (non-hydrogen) atoms. The Hall–Kier alpha value is -0.120. The number of rotatable bonds is 6. The molecule has 1 aliphatic heterocycles. The van der Waals surface area contributed by atoms with Gasteiger partial charge in [0.15, 0.2) is 0 Å². The first-order valence-electron chi connectivity index (χ1n) is 9.26. The quantitative estimate of drug-likeness (QED) is 0.813. The van der Waals surface area contributed by atoms with Gasteiger partial charge in [-0.3, -0.25) is 0 Å². The summed E-state index contributed by atoms with van der Waals surface area (Å²) in [7, 11) is 4.62. The van der Waals surface area contributed by atoms with Crippen LogP contribution in [0.4, 0.5) is 0 Å². The van der Waals surface area contributed by atoms with E-state index in [2.05, 4.69) is 43.1 Å². The fraction of sp³-hybridized carbons (Fsp3) is 1.00. The van der Waals surface area contributed by atoms with Gasteiger partial charge in [-0.05, 0) is 77.7 Å². The van der Waals surface area contributed by atoms with Crippen LogP contribution in [0.2, 0.25) is 0 Å². The van der Waals surface area contributed by atoms with Gasteiger partial charge in [-0.1, -0.05) is 20.3 Å². The average Bonchev–Trinajstić information content (AvgIpc) is 2.49. The maximum absolute atomic E-state index is 3.76. The first-order valence-corrected chi connectivity index (χ1v) is 9.26. The van der Waals surface area contributed by atoms with E-state index in [1.54, 1.807) is 0 Å². The van der Waals surface area contributed by atoms with Crippen molar-refractivity contribution in [3.63, 3.8) is 0 Å². The summed E-state index contributed by atoms with van der Waals surface area (Å²) < 4.78 is 0. The highest BCUT2D eigenvalue weighted by Crippen LogP contribution is 2.32. The lowest BCUT2D eigenvalue weighted by molar-refractivity contribution is 0.0961. The van der Waals surface area contributed by atoms with E-state index in [0.29, 0.717) is 0 Å². The molecular formula is C18H37N3. The molecular weight excluding hydrogens is 258 g/mol. The Morgan fingerprint density at radius 3 is 2.43 bits per heavy atom. The van der Waals surface area contributed by atoms with E-state index in [9.17, 15) is 0 Å². The minimum absolute atomic E-state index is 0.756. The standard InChI is InChI=1S/C18H37N3/c1-5-15-7-8-18(19-6-2)16(13-15)14-21(4)17-9-11-20(3)12-10-17/h15-19H,5-14H2,1-4H3. The van der Waals surface area contributed by atoms with Crippen molar-refractivity contribution in [2.75, 3.05) is 40.3 Å². The molecule has 0 aromatic carbocycles.